The summed E-state index contributed by atoms with van der Waals surface area (Å²) in [6.45, 7) is 3.92. The molecular formula is C13H19BrN2O4S. The maximum Gasteiger partial charge on any atom is 0.245 e. The SMILES string of the molecule is CCCNC(=O)C(C)NS(=O)(=O)c1cc(Br)ccc1OC. The maximum absolute atomic E-state index is 12.4. The van der Waals surface area contributed by atoms with Crippen LogP contribution < -0.4 is 14.8 Å². The maximum atomic E-state index is 12.4. The fourth-order valence-electron chi connectivity index (χ4n) is 1.61. The second-order valence-corrected chi connectivity index (χ2v) is 7.03. The highest BCUT2D eigenvalue weighted by molar-refractivity contribution is 9.10. The Balaban J connectivity index is 2.96. The first-order chi connectivity index (χ1) is 9.81. The Bertz CT molecular complexity index is 604. The van der Waals surface area contributed by atoms with Gasteiger partial charge in [0.05, 0.1) is 13.2 Å². The number of carbonyl (C=O) groups is 1. The van der Waals surface area contributed by atoms with Crippen molar-refractivity contribution in [1.82, 2.24) is 10.0 Å². The van der Waals surface area contributed by atoms with E-state index in [1.807, 2.05) is 6.92 Å². The van der Waals surface area contributed by atoms with Gasteiger partial charge in [-0.05, 0) is 31.5 Å². The predicted octanol–water partition coefficient (Wildman–Crippen LogP) is 1.65. The molecule has 1 amide bonds. The summed E-state index contributed by atoms with van der Waals surface area (Å²) in [5.74, 6) is -0.152. The minimum Gasteiger partial charge on any atom is -0.495 e. The fraction of sp³-hybridized carbons (Fsp3) is 0.462. The number of sulfonamides is 1. The lowest BCUT2D eigenvalue weighted by Gasteiger charge is -2.16. The van der Waals surface area contributed by atoms with Gasteiger partial charge in [0.2, 0.25) is 15.9 Å². The van der Waals surface area contributed by atoms with E-state index in [9.17, 15) is 13.2 Å². The molecule has 21 heavy (non-hydrogen) atoms. The third-order valence-electron chi connectivity index (χ3n) is 2.69. The molecule has 6 nitrogen and oxygen atoms in total. The van der Waals surface area contributed by atoms with E-state index in [0.29, 0.717) is 11.0 Å². The van der Waals surface area contributed by atoms with Crippen LogP contribution in [0.2, 0.25) is 0 Å². The van der Waals surface area contributed by atoms with E-state index < -0.39 is 16.1 Å². The van der Waals surface area contributed by atoms with Crippen molar-refractivity contribution in [2.45, 2.75) is 31.2 Å². The fourth-order valence-corrected chi connectivity index (χ4v) is 3.52. The van der Waals surface area contributed by atoms with Crippen molar-refractivity contribution < 1.29 is 17.9 Å². The topological polar surface area (TPSA) is 84.5 Å². The summed E-state index contributed by atoms with van der Waals surface area (Å²) >= 11 is 3.22. The molecule has 0 fully saturated rings. The summed E-state index contributed by atoms with van der Waals surface area (Å²) in [4.78, 5) is 11.7. The molecule has 1 rings (SSSR count). The van der Waals surface area contributed by atoms with Crippen LogP contribution in [0.1, 0.15) is 20.3 Å². The molecule has 0 aliphatic carbocycles. The highest BCUT2D eigenvalue weighted by atomic mass is 79.9. The highest BCUT2D eigenvalue weighted by Gasteiger charge is 2.25. The minimum atomic E-state index is -3.86. The minimum absolute atomic E-state index is 0.0190. The molecule has 0 saturated heterocycles. The Morgan fingerprint density at radius 3 is 2.67 bits per heavy atom. The first-order valence-electron chi connectivity index (χ1n) is 6.45. The molecular weight excluding hydrogens is 360 g/mol. The summed E-state index contributed by atoms with van der Waals surface area (Å²) < 4.78 is 32.7. The quantitative estimate of drug-likeness (QED) is 0.755. The molecule has 0 aromatic heterocycles. The number of hydrogen-bond acceptors (Lipinski definition) is 4. The van der Waals surface area contributed by atoms with Crippen LogP contribution in [0.5, 0.6) is 5.75 Å². The molecule has 1 aromatic rings. The van der Waals surface area contributed by atoms with E-state index in [-0.39, 0.29) is 16.6 Å². The smallest absolute Gasteiger partial charge is 0.245 e. The van der Waals surface area contributed by atoms with Crippen LogP contribution >= 0.6 is 15.9 Å². The van der Waals surface area contributed by atoms with E-state index in [2.05, 4.69) is 26.0 Å². The molecule has 1 aromatic carbocycles. The lowest BCUT2D eigenvalue weighted by molar-refractivity contribution is -0.122. The summed E-state index contributed by atoms with van der Waals surface area (Å²) in [7, 11) is -2.47. The second-order valence-electron chi connectivity index (χ2n) is 4.43. The van der Waals surface area contributed by atoms with E-state index in [1.165, 1.54) is 20.1 Å². The van der Waals surface area contributed by atoms with Gasteiger partial charge < -0.3 is 10.1 Å². The molecule has 0 bridgehead atoms. The van der Waals surface area contributed by atoms with Gasteiger partial charge in [-0.25, -0.2) is 8.42 Å². The third-order valence-corrected chi connectivity index (χ3v) is 4.74. The number of amides is 1. The number of hydrogen-bond donors (Lipinski definition) is 2. The van der Waals surface area contributed by atoms with Gasteiger partial charge in [-0.15, -0.1) is 0 Å². The van der Waals surface area contributed by atoms with Crippen LogP contribution in [0.3, 0.4) is 0 Å². The lowest BCUT2D eigenvalue weighted by Crippen LogP contribution is -2.44. The van der Waals surface area contributed by atoms with Crippen LogP contribution in [-0.4, -0.2) is 34.0 Å². The molecule has 0 aliphatic heterocycles. The van der Waals surface area contributed by atoms with E-state index in [4.69, 9.17) is 4.74 Å². The van der Waals surface area contributed by atoms with E-state index >= 15 is 0 Å². The van der Waals surface area contributed by atoms with Gasteiger partial charge in [-0.3, -0.25) is 4.79 Å². The van der Waals surface area contributed by atoms with Crippen LogP contribution in [0.25, 0.3) is 0 Å². The molecule has 2 N–H and O–H groups in total. The van der Waals surface area contributed by atoms with Crippen molar-refractivity contribution in [2.24, 2.45) is 0 Å². The van der Waals surface area contributed by atoms with Gasteiger partial charge in [-0.1, -0.05) is 22.9 Å². The second kappa shape index (κ2) is 7.77. The molecule has 0 aliphatic rings. The van der Waals surface area contributed by atoms with Gasteiger partial charge in [0.1, 0.15) is 10.6 Å². The zero-order valence-corrected chi connectivity index (χ0v) is 14.5. The number of rotatable bonds is 7. The van der Waals surface area contributed by atoms with Crippen LogP contribution in [-0.2, 0) is 14.8 Å². The van der Waals surface area contributed by atoms with Gasteiger partial charge in [0.15, 0.2) is 0 Å². The third kappa shape index (κ3) is 4.98. The van der Waals surface area contributed by atoms with Crippen LogP contribution in [0.15, 0.2) is 27.6 Å². The molecule has 0 radical (unpaired) electrons. The van der Waals surface area contributed by atoms with Crippen molar-refractivity contribution in [2.75, 3.05) is 13.7 Å². The number of nitrogens with one attached hydrogen (secondary N) is 2. The monoisotopic (exact) mass is 378 g/mol. The molecule has 0 saturated carbocycles. The van der Waals surface area contributed by atoms with Gasteiger partial charge in [-0.2, -0.15) is 4.72 Å². The van der Waals surface area contributed by atoms with Crippen molar-refractivity contribution in [3.8, 4) is 5.75 Å². The van der Waals surface area contributed by atoms with Crippen LogP contribution in [0.4, 0.5) is 0 Å². The Labute approximate surface area is 133 Å². The number of halogens is 1. The molecule has 118 valence electrons. The lowest BCUT2D eigenvalue weighted by atomic mass is 10.3. The van der Waals surface area contributed by atoms with E-state index in [0.717, 1.165) is 6.42 Å². The average molecular weight is 379 g/mol. The molecule has 1 atom stereocenters. The standard InChI is InChI=1S/C13H19BrN2O4S/c1-4-7-15-13(17)9(2)16-21(18,19)12-8-10(14)5-6-11(12)20-3/h5-6,8-9,16H,4,7H2,1-3H3,(H,15,17). The number of methoxy groups -OCH3 is 1. The average Bonchev–Trinajstić information content (AvgIpc) is 2.44. The van der Waals surface area contributed by atoms with Crippen molar-refractivity contribution in [1.29, 1.82) is 0 Å². The summed E-state index contributed by atoms with van der Waals surface area (Å²) in [5.41, 5.74) is 0. The van der Waals surface area contributed by atoms with Crippen molar-refractivity contribution >= 4 is 31.9 Å². The Morgan fingerprint density at radius 1 is 1.43 bits per heavy atom. The number of ether oxygens (including phenoxy) is 1. The van der Waals surface area contributed by atoms with E-state index in [1.54, 1.807) is 12.1 Å². The number of benzene rings is 1. The van der Waals surface area contributed by atoms with Gasteiger partial charge in [0.25, 0.3) is 0 Å². The first kappa shape index (κ1) is 17.9. The number of carbonyl (C=O) groups excluding carboxylic acids is 1. The Hall–Kier alpha value is -1.12. The van der Waals surface area contributed by atoms with Crippen LogP contribution in [0, 0.1) is 0 Å². The Morgan fingerprint density at radius 2 is 2.10 bits per heavy atom. The predicted molar refractivity (Wildman–Crippen MR) is 83.8 cm³/mol. The molecule has 1 unspecified atom stereocenters. The van der Waals surface area contributed by atoms with Crippen molar-refractivity contribution in [3.63, 3.8) is 0 Å². The molecule has 8 heteroatoms. The van der Waals surface area contributed by atoms with Gasteiger partial charge in [0, 0.05) is 11.0 Å². The molecule has 0 spiro atoms. The summed E-state index contributed by atoms with van der Waals surface area (Å²) in [6, 6.07) is 3.78. The highest BCUT2D eigenvalue weighted by Crippen LogP contribution is 2.27. The summed E-state index contributed by atoms with van der Waals surface area (Å²) in [6.07, 6.45) is 0.782. The summed E-state index contributed by atoms with van der Waals surface area (Å²) in [5, 5.41) is 2.64. The normalized spacial score (nSPS) is 12.8. The molecule has 0 heterocycles. The van der Waals surface area contributed by atoms with Gasteiger partial charge >= 0.3 is 0 Å². The largest absolute Gasteiger partial charge is 0.495 e. The van der Waals surface area contributed by atoms with Crippen molar-refractivity contribution in [3.05, 3.63) is 22.7 Å². The zero-order valence-electron chi connectivity index (χ0n) is 12.1. The zero-order chi connectivity index (χ0) is 16.0. The Kier molecular flexibility index (Phi) is 6.63. The first-order valence-corrected chi connectivity index (χ1v) is 8.73.